The number of aromatic nitrogens is 3. The standard InChI is InChI=1S/C12H5BrClF4N3O/c1-21-11(12(16,17)18)7(13)8(20-21)6-5(15)2-4(14)10-9(6)19-3-22-10/h2-3H,1H3. The first kappa shape index (κ1) is 15.3. The smallest absolute Gasteiger partial charge is 0.434 e. The summed E-state index contributed by atoms with van der Waals surface area (Å²) < 4.78 is 58.6. The van der Waals surface area contributed by atoms with E-state index in [4.69, 9.17) is 16.0 Å². The van der Waals surface area contributed by atoms with Gasteiger partial charge in [0.2, 0.25) is 0 Å². The van der Waals surface area contributed by atoms with E-state index in [0.717, 1.165) is 19.5 Å². The minimum Gasteiger partial charge on any atom is -0.442 e. The maximum atomic E-state index is 14.2. The van der Waals surface area contributed by atoms with Gasteiger partial charge >= 0.3 is 6.18 Å². The van der Waals surface area contributed by atoms with Crippen LogP contribution in [-0.2, 0) is 13.2 Å². The number of hydrogen-bond acceptors (Lipinski definition) is 3. The van der Waals surface area contributed by atoms with Gasteiger partial charge in [0, 0.05) is 7.05 Å². The van der Waals surface area contributed by atoms with Gasteiger partial charge in [-0.3, -0.25) is 4.68 Å². The van der Waals surface area contributed by atoms with Crippen LogP contribution in [0.15, 0.2) is 21.3 Å². The number of benzene rings is 1. The minimum absolute atomic E-state index is 0.00229. The van der Waals surface area contributed by atoms with Crippen LogP contribution in [0.1, 0.15) is 5.69 Å². The number of halogens is 6. The van der Waals surface area contributed by atoms with Gasteiger partial charge in [-0.15, -0.1) is 0 Å². The fourth-order valence-electron chi connectivity index (χ4n) is 2.15. The minimum atomic E-state index is -4.65. The van der Waals surface area contributed by atoms with Crippen LogP contribution >= 0.6 is 27.5 Å². The average molecular weight is 399 g/mol. The number of rotatable bonds is 1. The molecule has 0 saturated heterocycles. The monoisotopic (exact) mass is 397 g/mol. The number of aryl methyl sites for hydroxylation is 1. The van der Waals surface area contributed by atoms with Crippen LogP contribution in [0.25, 0.3) is 22.4 Å². The van der Waals surface area contributed by atoms with Crippen molar-refractivity contribution in [3.63, 3.8) is 0 Å². The molecule has 2 heterocycles. The van der Waals surface area contributed by atoms with Gasteiger partial charge in [-0.05, 0) is 22.0 Å². The molecule has 2 aromatic heterocycles. The lowest BCUT2D eigenvalue weighted by Crippen LogP contribution is -2.12. The van der Waals surface area contributed by atoms with Crippen molar-refractivity contribution in [2.24, 2.45) is 7.05 Å². The first-order chi connectivity index (χ1) is 10.2. The highest BCUT2D eigenvalue weighted by Gasteiger charge is 2.39. The maximum absolute atomic E-state index is 14.2. The van der Waals surface area contributed by atoms with E-state index < -0.39 is 17.7 Å². The van der Waals surface area contributed by atoms with Crippen molar-refractivity contribution in [3.8, 4) is 11.3 Å². The van der Waals surface area contributed by atoms with Crippen molar-refractivity contribution in [1.82, 2.24) is 14.8 Å². The fourth-order valence-corrected chi connectivity index (χ4v) is 3.14. The topological polar surface area (TPSA) is 43.9 Å². The summed E-state index contributed by atoms with van der Waals surface area (Å²) in [6.07, 6.45) is -3.62. The quantitative estimate of drug-likeness (QED) is 0.553. The van der Waals surface area contributed by atoms with Gasteiger partial charge in [-0.1, -0.05) is 11.6 Å². The first-order valence-electron chi connectivity index (χ1n) is 5.73. The average Bonchev–Trinajstić information content (AvgIpc) is 2.94. The van der Waals surface area contributed by atoms with Crippen molar-refractivity contribution in [3.05, 3.63) is 33.5 Å². The van der Waals surface area contributed by atoms with E-state index in [2.05, 4.69) is 26.0 Å². The van der Waals surface area contributed by atoms with Crippen molar-refractivity contribution in [1.29, 1.82) is 0 Å². The zero-order valence-corrected chi connectivity index (χ0v) is 13.0. The summed E-state index contributed by atoms with van der Waals surface area (Å²) in [4.78, 5) is 3.82. The molecule has 0 aliphatic rings. The van der Waals surface area contributed by atoms with Crippen molar-refractivity contribution in [2.45, 2.75) is 6.18 Å². The van der Waals surface area contributed by atoms with Crippen LogP contribution in [0.4, 0.5) is 17.6 Å². The Kier molecular flexibility index (Phi) is 3.44. The second kappa shape index (κ2) is 4.95. The molecule has 10 heteroatoms. The summed E-state index contributed by atoms with van der Waals surface area (Å²) in [5, 5.41) is 3.72. The summed E-state index contributed by atoms with van der Waals surface area (Å²) in [6, 6.07) is 0.943. The Hall–Kier alpha value is -1.61. The highest BCUT2D eigenvalue weighted by molar-refractivity contribution is 9.10. The molecule has 0 bridgehead atoms. The lowest BCUT2D eigenvalue weighted by molar-refractivity contribution is -0.144. The van der Waals surface area contributed by atoms with Gasteiger partial charge in [0.1, 0.15) is 17.0 Å². The number of fused-ring (bicyclic) bond motifs is 1. The van der Waals surface area contributed by atoms with Gasteiger partial charge in [0.25, 0.3) is 0 Å². The van der Waals surface area contributed by atoms with Crippen molar-refractivity contribution in [2.75, 3.05) is 0 Å². The van der Waals surface area contributed by atoms with Crippen LogP contribution in [0, 0.1) is 5.82 Å². The van der Waals surface area contributed by atoms with Crippen LogP contribution in [0.5, 0.6) is 0 Å². The number of nitrogens with zero attached hydrogens (tertiary/aromatic N) is 3. The molecule has 1 aromatic carbocycles. The third-order valence-corrected chi connectivity index (χ3v) is 4.04. The molecule has 0 radical (unpaired) electrons. The molecule has 0 N–H and O–H groups in total. The predicted molar refractivity (Wildman–Crippen MR) is 73.9 cm³/mol. The van der Waals surface area contributed by atoms with E-state index in [1.54, 1.807) is 0 Å². The Labute approximate surface area is 133 Å². The van der Waals surface area contributed by atoms with E-state index in [9.17, 15) is 17.6 Å². The van der Waals surface area contributed by atoms with Gasteiger partial charge in [0.05, 0.1) is 15.1 Å². The maximum Gasteiger partial charge on any atom is 0.434 e. The Balaban J connectivity index is 2.37. The highest BCUT2D eigenvalue weighted by atomic mass is 79.9. The van der Waals surface area contributed by atoms with E-state index in [1.807, 2.05) is 0 Å². The highest BCUT2D eigenvalue weighted by Crippen LogP contribution is 2.42. The summed E-state index contributed by atoms with van der Waals surface area (Å²) in [7, 11) is 1.12. The molecule has 0 aliphatic heterocycles. The largest absolute Gasteiger partial charge is 0.442 e. The summed E-state index contributed by atoms with van der Waals surface area (Å²) >= 11 is 8.66. The molecular weight excluding hydrogens is 394 g/mol. The zero-order valence-electron chi connectivity index (χ0n) is 10.7. The molecule has 0 fully saturated rings. The molecule has 0 spiro atoms. The predicted octanol–water partition coefficient (Wildman–Crippen LogP) is 4.80. The molecular formula is C12H5BrClF4N3O. The molecule has 0 amide bonds. The second-order valence-electron chi connectivity index (χ2n) is 4.38. The molecule has 0 atom stereocenters. The lowest BCUT2D eigenvalue weighted by Gasteiger charge is -2.06. The van der Waals surface area contributed by atoms with E-state index in [0.29, 0.717) is 4.68 Å². The van der Waals surface area contributed by atoms with Crippen LogP contribution in [0.3, 0.4) is 0 Å². The molecule has 22 heavy (non-hydrogen) atoms. The van der Waals surface area contributed by atoms with E-state index in [-0.39, 0.29) is 31.9 Å². The molecule has 0 saturated carbocycles. The van der Waals surface area contributed by atoms with Gasteiger partial charge in [-0.2, -0.15) is 18.3 Å². The van der Waals surface area contributed by atoms with Crippen LogP contribution in [0.2, 0.25) is 5.02 Å². The number of alkyl halides is 3. The normalized spacial score (nSPS) is 12.3. The molecule has 0 aliphatic carbocycles. The van der Waals surface area contributed by atoms with Gasteiger partial charge in [-0.25, -0.2) is 9.37 Å². The summed E-state index contributed by atoms with van der Waals surface area (Å²) in [6.45, 7) is 0. The summed E-state index contributed by atoms with van der Waals surface area (Å²) in [5.41, 5.74) is -1.41. The van der Waals surface area contributed by atoms with E-state index in [1.165, 1.54) is 0 Å². The SMILES string of the molecule is Cn1nc(-c2c(F)cc(Cl)c3ocnc23)c(Br)c1C(F)(F)F. The Morgan fingerprint density at radius 2 is 2.05 bits per heavy atom. The summed E-state index contributed by atoms with van der Waals surface area (Å²) in [5.74, 6) is -0.848. The van der Waals surface area contributed by atoms with Crippen LogP contribution in [-0.4, -0.2) is 14.8 Å². The van der Waals surface area contributed by atoms with Crippen LogP contribution < -0.4 is 0 Å². The molecule has 3 rings (SSSR count). The zero-order chi connectivity index (χ0) is 16.2. The Morgan fingerprint density at radius 3 is 2.64 bits per heavy atom. The lowest BCUT2D eigenvalue weighted by atomic mass is 10.1. The van der Waals surface area contributed by atoms with Gasteiger partial charge in [0.15, 0.2) is 17.7 Å². The molecule has 116 valence electrons. The first-order valence-corrected chi connectivity index (χ1v) is 6.90. The third kappa shape index (κ3) is 2.19. The molecule has 0 unspecified atom stereocenters. The third-order valence-electron chi connectivity index (χ3n) is 3.01. The van der Waals surface area contributed by atoms with Crippen molar-refractivity contribution < 1.29 is 22.0 Å². The van der Waals surface area contributed by atoms with Crippen molar-refractivity contribution >= 4 is 38.6 Å². The molecule has 4 nitrogen and oxygen atoms in total. The van der Waals surface area contributed by atoms with E-state index >= 15 is 0 Å². The second-order valence-corrected chi connectivity index (χ2v) is 5.58. The number of hydrogen-bond donors (Lipinski definition) is 0. The van der Waals surface area contributed by atoms with Gasteiger partial charge < -0.3 is 4.42 Å². The Bertz CT molecular complexity index is 887. The number of oxazole rings is 1. The molecule has 3 aromatic rings. The Morgan fingerprint density at radius 1 is 1.36 bits per heavy atom. The fraction of sp³-hybridized carbons (Fsp3) is 0.167.